The Morgan fingerprint density at radius 2 is 1.97 bits per heavy atom. The van der Waals surface area contributed by atoms with Crippen LogP contribution >= 0.6 is 15.9 Å². The zero-order chi connectivity index (χ0) is 20.8. The van der Waals surface area contributed by atoms with Gasteiger partial charge in [0.25, 0.3) is 11.8 Å². The highest BCUT2D eigenvalue weighted by Crippen LogP contribution is 2.26. The van der Waals surface area contributed by atoms with Gasteiger partial charge in [0.2, 0.25) is 11.8 Å². The summed E-state index contributed by atoms with van der Waals surface area (Å²) in [7, 11) is 1.57. The van der Waals surface area contributed by atoms with Crippen molar-refractivity contribution >= 4 is 39.3 Å². The molecule has 29 heavy (non-hydrogen) atoms. The zero-order valence-corrected chi connectivity index (χ0v) is 17.4. The second-order valence-electron chi connectivity index (χ2n) is 6.30. The van der Waals surface area contributed by atoms with E-state index in [2.05, 4.69) is 26.2 Å². The monoisotopic (exact) mass is 461 g/mol. The number of nitrogens with zero attached hydrogens (tertiary/aromatic N) is 2. The molecule has 2 aromatic rings. The molecule has 0 fully saturated rings. The first-order valence-corrected chi connectivity index (χ1v) is 9.83. The van der Waals surface area contributed by atoms with Gasteiger partial charge in [0.1, 0.15) is 12.3 Å². The first-order valence-electron chi connectivity index (χ1n) is 9.03. The van der Waals surface area contributed by atoms with Crippen molar-refractivity contribution in [3.8, 4) is 5.88 Å². The molecular weight excluding hydrogens is 442 g/mol. The third kappa shape index (κ3) is 4.99. The van der Waals surface area contributed by atoms with Crippen LogP contribution in [-0.2, 0) is 9.53 Å². The van der Waals surface area contributed by atoms with E-state index in [4.69, 9.17) is 9.47 Å². The number of carbonyl (C=O) groups is 3. The average Bonchev–Trinajstić information content (AvgIpc) is 2.93. The molecule has 152 valence electrons. The largest absolute Gasteiger partial charge is 0.474 e. The minimum Gasteiger partial charge on any atom is -0.474 e. The predicted octanol–water partition coefficient (Wildman–Crippen LogP) is 2.88. The summed E-state index contributed by atoms with van der Waals surface area (Å²) in [6, 6.07) is 8.36. The normalized spacial score (nSPS) is 12.8. The molecule has 0 radical (unpaired) electrons. The van der Waals surface area contributed by atoms with E-state index in [9.17, 15) is 14.4 Å². The van der Waals surface area contributed by atoms with Gasteiger partial charge in [-0.3, -0.25) is 19.3 Å². The van der Waals surface area contributed by atoms with Crippen LogP contribution in [0.3, 0.4) is 0 Å². The molecule has 0 bridgehead atoms. The molecular formula is C20H20BrN3O5. The van der Waals surface area contributed by atoms with Gasteiger partial charge in [-0.25, -0.2) is 4.98 Å². The fourth-order valence-electron chi connectivity index (χ4n) is 2.90. The molecule has 0 unspecified atom stereocenters. The maximum Gasteiger partial charge on any atom is 0.261 e. The lowest BCUT2D eigenvalue weighted by Gasteiger charge is -2.14. The smallest absolute Gasteiger partial charge is 0.261 e. The standard InChI is InChI=1S/C20H20BrN3O5/c1-28-10-11-29-18-16(4-2-8-22-18)23-17(25)5-3-9-24-19(26)14-7-6-13(21)12-15(14)20(24)27/h2,4,6-8,12H,3,5,9-11H2,1H3,(H,23,25). The first kappa shape index (κ1) is 20.9. The first-order chi connectivity index (χ1) is 14.0. The van der Waals surface area contributed by atoms with E-state index in [1.165, 1.54) is 4.90 Å². The number of imide groups is 1. The van der Waals surface area contributed by atoms with Crippen LogP contribution < -0.4 is 10.1 Å². The summed E-state index contributed by atoms with van der Waals surface area (Å²) >= 11 is 3.30. The molecule has 1 aliphatic rings. The number of methoxy groups -OCH3 is 1. The lowest BCUT2D eigenvalue weighted by atomic mass is 10.1. The number of aromatic nitrogens is 1. The van der Waals surface area contributed by atoms with Crippen LogP contribution in [0.1, 0.15) is 33.6 Å². The molecule has 3 amide bonds. The Balaban J connectivity index is 1.52. The fourth-order valence-corrected chi connectivity index (χ4v) is 3.26. The van der Waals surface area contributed by atoms with Gasteiger partial charge in [0.15, 0.2) is 0 Å². The predicted molar refractivity (Wildman–Crippen MR) is 109 cm³/mol. The molecule has 0 spiro atoms. The third-order valence-corrected chi connectivity index (χ3v) is 4.78. The van der Waals surface area contributed by atoms with Gasteiger partial charge in [0, 0.05) is 30.7 Å². The Hall–Kier alpha value is -2.78. The molecule has 1 aromatic carbocycles. The van der Waals surface area contributed by atoms with E-state index in [1.807, 2.05) is 0 Å². The summed E-state index contributed by atoms with van der Waals surface area (Å²) in [5.41, 5.74) is 1.22. The van der Waals surface area contributed by atoms with Gasteiger partial charge in [0.05, 0.1) is 17.7 Å². The highest BCUT2D eigenvalue weighted by molar-refractivity contribution is 9.10. The van der Waals surface area contributed by atoms with Crippen molar-refractivity contribution in [2.45, 2.75) is 12.8 Å². The van der Waals surface area contributed by atoms with Crippen molar-refractivity contribution in [2.75, 3.05) is 32.2 Å². The van der Waals surface area contributed by atoms with Gasteiger partial charge >= 0.3 is 0 Å². The molecule has 3 rings (SSSR count). The number of anilines is 1. The highest BCUT2D eigenvalue weighted by Gasteiger charge is 2.35. The Labute approximate surface area is 176 Å². The van der Waals surface area contributed by atoms with Crippen LogP contribution in [0.2, 0.25) is 0 Å². The molecule has 0 atom stereocenters. The van der Waals surface area contributed by atoms with Gasteiger partial charge in [-0.1, -0.05) is 15.9 Å². The summed E-state index contributed by atoms with van der Waals surface area (Å²) in [4.78, 5) is 42.4. The van der Waals surface area contributed by atoms with Crippen molar-refractivity contribution < 1.29 is 23.9 Å². The number of carbonyl (C=O) groups excluding carboxylic acids is 3. The van der Waals surface area contributed by atoms with E-state index >= 15 is 0 Å². The summed E-state index contributed by atoms with van der Waals surface area (Å²) in [6.07, 6.45) is 2.06. The number of benzene rings is 1. The molecule has 0 saturated carbocycles. The van der Waals surface area contributed by atoms with Gasteiger partial charge in [-0.2, -0.15) is 0 Å². The van der Waals surface area contributed by atoms with Crippen LogP contribution in [-0.4, -0.2) is 54.5 Å². The number of hydrogen-bond donors (Lipinski definition) is 1. The molecule has 2 heterocycles. The van der Waals surface area contributed by atoms with E-state index < -0.39 is 0 Å². The van der Waals surface area contributed by atoms with Gasteiger partial charge in [-0.15, -0.1) is 0 Å². The quantitative estimate of drug-likeness (QED) is 0.455. The number of amides is 3. The van der Waals surface area contributed by atoms with Crippen LogP contribution in [0.25, 0.3) is 0 Å². The molecule has 0 aliphatic carbocycles. The van der Waals surface area contributed by atoms with Gasteiger partial charge < -0.3 is 14.8 Å². The lowest BCUT2D eigenvalue weighted by molar-refractivity contribution is -0.116. The second-order valence-corrected chi connectivity index (χ2v) is 7.22. The van der Waals surface area contributed by atoms with E-state index in [1.54, 1.807) is 43.6 Å². The fraction of sp³-hybridized carbons (Fsp3) is 0.300. The third-order valence-electron chi connectivity index (χ3n) is 4.29. The van der Waals surface area contributed by atoms with Crippen molar-refractivity contribution in [2.24, 2.45) is 0 Å². The number of hydrogen-bond acceptors (Lipinski definition) is 6. The Morgan fingerprint density at radius 1 is 1.17 bits per heavy atom. The molecule has 1 N–H and O–H groups in total. The van der Waals surface area contributed by atoms with Crippen LogP contribution in [0, 0.1) is 0 Å². The van der Waals surface area contributed by atoms with E-state index in [0.29, 0.717) is 42.3 Å². The van der Waals surface area contributed by atoms with Crippen molar-refractivity contribution in [1.29, 1.82) is 0 Å². The van der Waals surface area contributed by atoms with Crippen molar-refractivity contribution in [3.63, 3.8) is 0 Å². The number of fused-ring (bicyclic) bond motifs is 1. The lowest BCUT2D eigenvalue weighted by Crippen LogP contribution is -2.31. The Morgan fingerprint density at radius 3 is 2.76 bits per heavy atom. The average molecular weight is 462 g/mol. The highest BCUT2D eigenvalue weighted by atomic mass is 79.9. The minimum absolute atomic E-state index is 0.142. The van der Waals surface area contributed by atoms with Crippen molar-refractivity contribution in [1.82, 2.24) is 9.88 Å². The Kier molecular flexibility index (Phi) is 6.95. The summed E-state index contributed by atoms with van der Waals surface area (Å²) in [5.74, 6) is -0.621. The second kappa shape index (κ2) is 9.62. The van der Waals surface area contributed by atoms with Gasteiger partial charge in [-0.05, 0) is 36.8 Å². The van der Waals surface area contributed by atoms with Crippen LogP contribution in [0.5, 0.6) is 5.88 Å². The van der Waals surface area contributed by atoms with Crippen LogP contribution in [0.15, 0.2) is 41.0 Å². The molecule has 9 heteroatoms. The number of rotatable bonds is 9. The minimum atomic E-state index is -0.340. The maximum absolute atomic E-state index is 12.4. The number of halogens is 1. The van der Waals surface area contributed by atoms with Crippen LogP contribution in [0.4, 0.5) is 5.69 Å². The number of ether oxygens (including phenoxy) is 2. The number of pyridine rings is 1. The summed E-state index contributed by atoms with van der Waals surface area (Å²) in [5, 5.41) is 2.75. The molecule has 8 nitrogen and oxygen atoms in total. The maximum atomic E-state index is 12.4. The van der Waals surface area contributed by atoms with Crippen molar-refractivity contribution in [3.05, 3.63) is 52.1 Å². The SMILES string of the molecule is COCCOc1ncccc1NC(=O)CCCN1C(=O)c2ccc(Br)cc2C1=O. The molecule has 0 saturated heterocycles. The Bertz CT molecular complexity index is 934. The zero-order valence-electron chi connectivity index (χ0n) is 15.8. The summed E-state index contributed by atoms with van der Waals surface area (Å²) in [6.45, 7) is 0.884. The summed E-state index contributed by atoms with van der Waals surface area (Å²) < 4.78 is 11.2. The van der Waals surface area contributed by atoms with E-state index in [0.717, 1.165) is 4.47 Å². The molecule has 1 aromatic heterocycles. The number of nitrogens with one attached hydrogen (secondary N) is 1. The molecule has 1 aliphatic heterocycles. The topological polar surface area (TPSA) is 97.8 Å². The van der Waals surface area contributed by atoms with E-state index in [-0.39, 0.29) is 30.7 Å².